The highest BCUT2D eigenvalue weighted by Gasteiger charge is 2.43. The Kier molecular flexibility index (Phi) is 3.05. The third kappa shape index (κ3) is 1.98. The summed E-state index contributed by atoms with van der Waals surface area (Å²) in [4.78, 5) is 2.39. The van der Waals surface area contributed by atoms with Crippen LogP contribution in [-0.4, -0.2) is 42.4 Å². The molecule has 1 aliphatic carbocycles. The van der Waals surface area contributed by atoms with E-state index in [0.29, 0.717) is 11.8 Å². The van der Waals surface area contributed by atoms with Crippen LogP contribution < -0.4 is 0 Å². The first-order valence-corrected chi connectivity index (χ1v) is 7.50. The molecule has 2 fully saturated rings. The number of hydrogen-bond donors (Lipinski definition) is 1. The summed E-state index contributed by atoms with van der Waals surface area (Å²) < 4.78 is 18.9. The van der Waals surface area contributed by atoms with E-state index in [0.717, 1.165) is 50.3 Å². The van der Waals surface area contributed by atoms with Crippen LogP contribution in [0.25, 0.3) is 0 Å². The lowest BCUT2D eigenvalue weighted by atomic mass is 9.84. The van der Waals surface area contributed by atoms with Crippen molar-refractivity contribution in [3.63, 3.8) is 0 Å². The summed E-state index contributed by atoms with van der Waals surface area (Å²) in [6, 6.07) is 5.05. The number of aryl methyl sites for hydroxylation is 1. The minimum Gasteiger partial charge on any atom is -0.391 e. The van der Waals surface area contributed by atoms with Crippen LogP contribution in [0.15, 0.2) is 18.2 Å². The van der Waals surface area contributed by atoms with Crippen molar-refractivity contribution in [1.82, 2.24) is 4.90 Å². The molecule has 2 aliphatic heterocycles. The molecule has 2 saturated heterocycles. The minimum absolute atomic E-state index is 0.0324. The largest absolute Gasteiger partial charge is 0.391 e. The van der Waals surface area contributed by atoms with Gasteiger partial charge in [-0.3, -0.25) is 4.90 Å². The maximum absolute atomic E-state index is 13.4. The van der Waals surface area contributed by atoms with Gasteiger partial charge < -0.3 is 9.84 Å². The molecule has 0 saturated carbocycles. The highest BCUT2D eigenvalue weighted by molar-refractivity contribution is 5.34. The van der Waals surface area contributed by atoms with Gasteiger partial charge in [0.05, 0.1) is 25.4 Å². The first kappa shape index (κ1) is 12.7. The van der Waals surface area contributed by atoms with Gasteiger partial charge in [0.15, 0.2) is 0 Å². The van der Waals surface area contributed by atoms with E-state index in [1.165, 1.54) is 6.07 Å². The van der Waals surface area contributed by atoms with Crippen LogP contribution >= 0.6 is 0 Å². The van der Waals surface area contributed by atoms with Crippen LogP contribution in [0.2, 0.25) is 0 Å². The Morgan fingerprint density at radius 3 is 2.70 bits per heavy atom. The number of rotatable bonds is 1. The van der Waals surface area contributed by atoms with Crippen molar-refractivity contribution in [1.29, 1.82) is 0 Å². The standard InChI is InChI=1S/C16H20FNO2/c17-13-2-3-14-10(5-13)1-4-15(19)16(14)18-6-11-8-20-9-12(11)7-18/h2-3,5,11-12,15-16,19H,1,4,6-9H2. The number of ether oxygens (including phenoxy) is 1. The van der Waals surface area contributed by atoms with Crippen molar-refractivity contribution in [2.75, 3.05) is 26.3 Å². The molecule has 1 aromatic rings. The van der Waals surface area contributed by atoms with Crippen LogP contribution in [0.3, 0.4) is 0 Å². The lowest BCUT2D eigenvalue weighted by Gasteiger charge is -2.37. The maximum Gasteiger partial charge on any atom is 0.123 e. The van der Waals surface area contributed by atoms with Crippen molar-refractivity contribution in [3.8, 4) is 0 Å². The average molecular weight is 277 g/mol. The topological polar surface area (TPSA) is 32.7 Å². The minimum atomic E-state index is -0.340. The van der Waals surface area contributed by atoms with Gasteiger partial charge in [0.1, 0.15) is 5.82 Å². The molecule has 0 bridgehead atoms. The second-order valence-corrected chi connectivity index (χ2v) is 6.41. The van der Waals surface area contributed by atoms with E-state index in [2.05, 4.69) is 4.90 Å². The fourth-order valence-corrected chi connectivity index (χ4v) is 4.14. The smallest absolute Gasteiger partial charge is 0.123 e. The van der Waals surface area contributed by atoms with Crippen LogP contribution in [0.4, 0.5) is 4.39 Å². The summed E-state index contributed by atoms with van der Waals surface area (Å²) in [7, 11) is 0. The summed E-state index contributed by atoms with van der Waals surface area (Å²) in [6.07, 6.45) is 1.16. The number of aliphatic hydroxyl groups excluding tert-OH is 1. The van der Waals surface area contributed by atoms with Crippen molar-refractivity contribution in [2.45, 2.75) is 25.0 Å². The van der Waals surface area contributed by atoms with E-state index in [4.69, 9.17) is 4.74 Å². The second kappa shape index (κ2) is 4.79. The SMILES string of the molecule is OC1CCc2cc(F)ccc2C1N1CC2COCC2C1. The zero-order chi connectivity index (χ0) is 13.7. The van der Waals surface area contributed by atoms with Gasteiger partial charge in [0.25, 0.3) is 0 Å². The summed E-state index contributed by atoms with van der Waals surface area (Å²) in [5.74, 6) is 1.03. The van der Waals surface area contributed by atoms with Crippen LogP contribution in [0, 0.1) is 17.7 Å². The summed E-state index contributed by atoms with van der Waals surface area (Å²) in [5, 5.41) is 10.4. The molecule has 1 N–H and O–H groups in total. The van der Waals surface area contributed by atoms with Crippen LogP contribution in [0.1, 0.15) is 23.6 Å². The molecule has 0 radical (unpaired) electrons. The third-order valence-corrected chi connectivity index (χ3v) is 5.16. The predicted octanol–water partition coefficient (Wildman–Crippen LogP) is 1.75. The van der Waals surface area contributed by atoms with Gasteiger partial charge in [-0.2, -0.15) is 0 Å². The van der Waals surface area contributed by atoms with Gasteiger partial charge in [-0.15, -0.1) is 0 Å². The lowest BCUT2D eigenvalue weighted by Crippen LogP contribution is -2.39. The molecule has 3 nitrogen and oxygen atoms in total. The Bertz CT molecular complexity index is 509. The Morgan fingerprint density at radius 2 is 1.95 bits per heavy atom. The first-order chi connectivity index (χ1) is 9.72. The van der Waals surface area contributed by atoms with Gasteiger partial charge >= 0.3 is 0 Å². The monoisotopic (exact) mass is 277 g/mol. The quantitative estimate of drug-likeness (QED) is 0.849. The molecule has 4 unspecified atom stereocenters. The van der Waals surface area contributed by atoms with Crippen LogP contribution in [0.5, 0.6) is 0 Å². The molecule has 108 valence electrons. The first-order valence-electron chi connectivity index (χ1n) is 7.50. The van der Waals surface area contributed by atoms with Crippen molar-refractivity contribution in [2.24, 2.45) is 11.8 Å². The normalized spacial score (nSPS) is 36.9. The molecular weight excluding hydrogens is 257 g/mol. The number of likely N-dealkylation sites (tertiary alicyclic amines) is 1. The molecule has 4 rings (SSSR count). The molecule has 3 aliphatic rings. The summed E-state index contributed by atoms with van der Waals surface area (Å²) in [5.41, 5.74) is 2.18. The van der Waals surface area contributed by atoms with E-state index in [1.807, 2.05) is 6.07 Å². The zero-order valence-corrected chi connectivity index (χ0v) is 11.5. The molecule has 0 amide bonds. The summed E-state index contributed by atoms with van der Waals surface area (Å²) in [6.45, 7) is 3.67. The molecular formula is C16H20FNO2. The molecule has 4 heteroatoms. The van der Waals surface area contributed by atoms with E-state index >= 15 is 0 Å². The Morgan fingerprint density at radius 1 is 1.20 bits per heavy atom. The van der Waals surface area contributed by atoms with E-state index in [-0.39, 0.29) is 18.0 Å². The zero-order valence-electron chi connectivity index (χ0n) is 11.5. The molecule has 1 aromatic carbocycles. The number of nitrogens with zero attached hydrogens (tertiary/aromatic N) is 1. The van der Waals surface area contributed by atoms with Gasteiger partial charge in [0, 0.05) is 24.9 Å². The third-order valence-electron chi connectivity index (χ3n) is 5.16. The molecule has 2 heterocycles. The Balaban J connectivity index is 1.64. The van der Waals surface area contributed by atoms with Gasteiger partial charge in [-0.1, -0.05) is 6.07 Å². The van der Waals surface area contributed by atoms with Crippen molar-refractivity contribution < 1.29 is 14.2 Å². The number of aliphatic hydroxyl groups is 1. The highest BCUT2D eigenvalue weighted by atomic mass is 19.1. The Hall–Kier alpha value is -0.970. The van der Waals surface area contributed by atoms with Gasteiger partial charge in [0.2, 0.25) is 0 Å². The van der Waals surface area contributed by atoms with Gasteiger partial charge in [-0.25, -0.2) is 4.39 Å². The lowest BCUT2D eigenvalue weighted by molar-refractivity contribution is 0.0368. The predicted molar refractivity (Wildman–Crippen MR) is 72.8 cm³/mol. The van der Waals surface area contributed by atoms with E-state index in [1.54, 1.807) is 6.07 Å². The number of fused-ring (bicyclic) bond motifs is 2. The molecule has 4 atom stereocenters. The average Bonchev–Trinajstić information content (AvgIpc) is 2.99. The van der Waals surface area contributed by atoms with Crippen molar-refractivity contribution in [3.05, 3.63) is 35.1 Å². The second-order valence-electron chi connectivity index (χ2n) is 6.41. The highest BCUT2D eigenvalue weighted by Crippen LogP contribution is 2.40. The number of hydrogen-bond acceptors (Lipinski definition) is 3. The molecule has 0 spiro atoms. The number of halogens is 1. The summed E-state index contributed by atoms with van der Waals surface area (Å²) >= 11 is 0. The Labute approximate surface area is 118 Å². The fourth-order valence-electron chi connectivity index (χ4n) is 4.14. The van der Waals surface area contributed by atoms with Crippen molar-refractivity contribution >= 4 is 0 Å². The fraction of sp³-hybridized carbons (Fsp3) is 0.625. The van der Waals surface area contributed by atoms with Gasteiger partial charge in [-0.05, 0) is 36.1 Å². The maximum atomic E-state index is 13.4. The van der Waals surface area contributed by atoms with E-state index in [9.17, 15) is 9.50 Å². The number of benzene rings is 1. The molecule has 20 heavy (non-hydrogen) atoms. The van der Waals surface area contributed by atoms with E-state index < -0.39 is 0 Å². The van der Waals surface area contributed by atoms with Crippen LogP contribution in [-0.2, 0) is 11.2 Å². The molecule has 0 aromatic heterocycles.